The highest BCUT2D eigenvalue weighted by atomic mass is 32.1. The van der Waals surface area contributed by atoms with E-state index in [-0.39, 0.29) is 66.3 Å². The molecule has 0 saturated heterocycles. The first-order valence-electron chi connectivity index (χ1n) is 30.3. The number of thiazole rings is 3. The molecule has 24 heteroatoms. The summed E-state index contributed by atoms with van der Waals surface area (Å²) in [4.78, 5) is 120. The number of ether oxygens (including phenoxy) is 2. The van der Waals surface area contributed by atoms with Crippen LogP contribution in [0.5, 0.6) is 0 Å². The van der Waals surface area contributed by atoms with Gasteiger partial charge in [-0.05, 0) is 112 Å². The van der Waals surface area contributed by atoms with Crippen molar-refractivity contribution in [2.24, 2.45) is 0 Å². The van der Waals surface area contributed by atoms with Crippen molar-refractivity contribution >= 4 is 98.1 Å². The molecule has 12 aromatic rings. The number of aliphatic hydroxyl groups is 1. The number of aryl methyl sites for hydroxylation is 2. The highest BCUT2D eigenvalue weighted by molar-refractivity contribution is 7.18. The molecule has 21 nitrogen and oxygen atoms in total. The molecule has 0 fully saturated rings. The van der Waals surface area contributed by atoms with Gasteiger partial charge in [-0.2, -0.15) is 0 Å². The summed E-state index contributed by atoms with van der Waals surface area (Å²) in [5.41, 5.74) is 6.65. The lowest BCUT2D eigenvalue weighted by Crippen LogP contribution is -2.44. The van der Waals surface area contributed by atoms with Crippen LogP contribution in [0.4, 0.5) is 22.7 Å². The zero-order chi connectivity index (χ0) is 69.0. The number of para-hydroxylation sites is 4. The summed E-state index contributed by atoms with van der Waals surface area (Å²) >= 11 is 4.03. The Kier molecular flexibility index (Phi) is 29.3. The number of hydrogen-bond acceptors (Lipinski definition) is 20. The van der Waals surface area contributed by atoms with E-state index < -0.39 is 35.7 Å². The van der Waals surface area contributed by atoms with Crippen LogP contribution < -0.4 is 20.9 Å². The summed E-state index contributed by atoms with van der Waals surface area (Å²) in [6.07, 6.45) is 11.3. The fourth-order valence-corrected chi connectivity index (χ4v) is 12.7. The van der Waals surface area contributed by atoms with Crippen LogP contribution in [0.15, 0.2) is 238 Å². The Morgan fingerprint density at radius 3 is 1.46 bits per heavy atom. The minimum atomic E-state index is -2.04. The van der Waals surface area contributed by atoms with E-state index in [9.17, 15) is 38.7 Å². The molecular weight excluding hydrogens is 1350 g/mol. The highest BCUT2D eigenvalue weighted by Gasteiger charge is 2.51. The van der Waals surface area contributed by atoms with Gasteiger partial charge in [0.2, 0.25) is 0 Å². The number of nitrogens with one attached hydrogen (secondary N) is 3. The quantitative estimate of drug-likeness (QED) is 0.0487. The van der Waals surface area contributed by atoms with Crippen molar-refractivity contribution in [3.05, 3.63) is 280 Å². The van der Waals surface area contributed by atoms with Gasteiger partial charge in [0, 0.05) is 82.6 Å². The van der Waals surface area contributed by atoms with E-state index >= 15 is 0 Å². The molecule has 5 aromatic carbocycles. The Bertz CT molecular complexity index is 4750. The molecular formula is C78H77N11O10S3. The number of amides is 4. The van der Waals surface area contributed by atoms with Gasteiger partial charge in [0.15, 0.2) is 11.4 Å². The van der Waals surface area contributed by atoms with Crippen molar-refractivity contribution in [3.63, 3.8) is 0 Å². The minimum Gasteiger partial charge on any atom is -0.465 e. The number of fused-ring (bicyclic) bond motifs is 1. The molecule has 0 aliphatic carbocycles. The standard InChI is InChI=1S/C21H15N3OS.C19H18N2O5.C18H15N3O3S.C16H13N3OS.4CH4/c25-20(23-17-11-5-2-6-12-17)19-18(15-8-3-1-4-9-15)24-21(26-19)16-10-7-13-22-14-16;1-2-26-17(23)12-21-15-9-4-3-7-13(15)19(25,18(21)24)11-16(22)14-8-5-6-10-20-14;1-11-15(25-17(20-11)12-6-5-9-19-10-12)16(22)21-14-8-4-3-7-13(14)18(23)24-2;1-11-14(15(20)19-13-7-3-2-4-8-13)21-16(18-11)12-6-5-9-17-10-12;;;;/h1-14H,(H,23,25);3-10,25H,2,11-12H2,1H3;3-10H,1-2H3,(H,21,22);2-10H,1H3,(H,19,20);4*1H4. The molecule has 8 heterocycles. The van der Waals surface area contributed by atoms with Gasteiger partial charge in [0.05, 0.1) is 54.2 Å². The Balaban J connectivity index is 0.000000212. The fourth-order valence-electron chi connectivity index (χ4n) is 9.82. The maximum absolute atomic E-state index is 12.9. The summed E-state index contributed by atoms with van der Waals surface area (Å²) in [7, 11) is 1.30. The molecule has 1 unspecified atom stereocenters. The molecule has 0 radical (unpaired) electrons. The van der Waals surface area contributed by atoms with Crippen LogP contribution in [0.1, 0.15) is 110 Å². The second-order valence-corrected chi connectivity index (χ2v) is 24.2. The van der Waals surface area contributed by atoms with Gasteiger partial charge in [-0.1, -0.05) is 133 Å². The van der Waals surface area contributed by atoms with Gasteiger partial charge in [0.1, 0.15) is 41.9 Å². The third-order valence-electron chi connectivity index (χ3n) is 14.5. The van der Waals surface area contributed by atoms with Crippen molar-refractivity contribution in [2.45, 2.75) is 62.5 Å². The Morgan fingerprint density at radius 1 is 0.510 bits per heavy atom. The predicted octanol–water partition coefficient (Wildman–Crippen LogP) is 16.4. The lowest BCUT2D eigenvalue weighted by atomic mass is 9.89. The summed E-state index contributed by atoms with van der Waals surface area (Å²) in [5.74, 6) is -2.90. The number of anilines is 4. The lowest BCUT2D eigenvalue weighted by Gasteiger charge is -2.22. The number of hydrogen-bond donors (Lipinski definition) is 4. The molecule has 0 spiro atoms. The molecule has 1 atom stereocenters. The Morgan fingerprint density at radius 2 is 0.961 bits per heavy atom. The first kappa shape index (κ1) is 79.0. The number of ketones is 1. The molecule has 1 aliphatic heterocycles. The van der Waals surface area contributed by atoms with Gasteiger partial charge in [-0.15, -0.1) is 34.0 Å². The smallest absolute Gasteiger partial charge is 0.339 e. The Hall–Kier alpha value is -12.0. The zero-order valence-electron chi connectivity index (χ0n) is 53.1. The van der Waals surface area contributed by atoms with Gasteiger partial charge in [0.25, 0.3) is 23.6 Å². The third-order valence-corrected chi connectivity index (χ3v) is 18.0. The van der Waals surface area contributed by atoms with Crippen LogP contribution in [0.3, 0.4) is 0 Å². The first-order chi connectivity index (χ1) is 47.6. The van der Waals surface area contributed by atoms with Crippen LogP contribution in [0, 0.1) is 13.8 Å². The van der Waals surface area contributed by atoms with Crippen molar-refractivity contribution < 1.29 is 48.1 Å². The van der Waals surface area contributed by atoms with E-state index in [2.05, 4.69) is 45.9 Å². The van der Waals surface area contributed by atoms with E-state index in [0.29, 0.717) is 48.5 Å². The maximum atomic E-state index is 12.9. The van der Waals surface area contributed by atoms with Crippen LogP contribution in [-0.4, -0.2) is 102 Å². The normalized spacial score (nSPS) is 12.0. The Labute approximate surface area is 604 Å². The molecule has 4 N–H and O–H groups in total. The first-order valence-corrected chi connectivity index (χ1v) is 32.7. The van der Waals surface area contributed by atoms with Crippen LogP contribution in [0.25, 0.3) is 43.0 Å². The summed E-state index contributed by atoms with van der Waals surface area (Å²) in [5, 5.41) is 22.0. The minimum absolute atomic E-state index is 0. The average Bonchev–Trinajstić information content (AvgIpc) is 1.59. The number of Topliss-reactive ketones (excluding diaryl/α,β-unsaturated/α-hetero) is 1. The van der Waals surface area contributed by atoms with Crippen LogP contribution >= 0.6 is 34.0 Å². The largest absolute Gasteiger partial charge is 0.465 e. The van der Waals surface area contributed by atoms with Gasteiger partial charge >= 0.3 is 11.9 Å². The molecule has 102 heavy (non-hydrogen) atoms. The summed E-state index contributed by atoms with van der Waals surface area (Å²) in [6, 6.07) is 58.0. The van der Waals surface area contributed by atoms with Gasteiger partial charge in [-0.3, -0.25) is 53.6 Å². The van der Waals surface area contributed by atoms with Gasteiger partial charge < -0.3 is 30.5 Å². The second kappa shape index (κ2) is 37.8. The molecule has 0 bridgehead atoms. The summed E-state index contributed by atoms with van der Waals surface area (Å²) < 4.78 is 9.64. The predicted molar refractivity (Wildman–Crippen MR) is 405 cm³/mol. The van der Waals surface area contributed by atoms with Crippen molar-refractivity contribution in [1.82, 2.24) is 34.9 Å². The number of aromatic nitrogens is 7. The molecule has 4 amide bonds. The SMILES string of the molecule is C.C.C.C.CCOC(=O)CN1C(=O)C(O)(CC(=O)c2ccccn2)c2ccccc21.COC(=O)c1ccccc1NC(=O)c1sc(-c2cccnc2)nc1C.Cc1nc(-c2cccnc2)sc1C(=O)Nc1ccccc1.O=C(Nc1ccccc1)c1sc(-c2cccnc2)nc1-c1ccccc1. The fraction of sp³-hybridized carbons (Fsp3) is 0.154. The zero-order valence-corrected chi connectivity index (χ0v) is 55.5. The lowest BCUT2D eigenvalue weighted by molar-refractivity contribution is -0.144. The van der Waals surface area contributed by atoms with Crippen molar-refractivity contribution in [1.29, 1.82) is 0 Å². The van der Waals surface area contributed by atoms with E-state index in [0.717, 1.165) is 59.2 Å². The number of pyridine rings is 4. The third kappa shape index (κ3) is 19.7. The second-order valence-electron chi connectivity index (χ2n) is 21.2. The topological polar surface area (TPSA) is 288 Å². The van der Waals surface area contributed by atoms with Crippen LogP contribution in [-0.2, 0) is 24.7 Å². The molecule has 13 rings (SSSR count). The number of carbonyl (C=O) groups is 7. The number of esters is 2. The number of benzene rings is 5. The number of rotatable bonds is 17. The van der Waals surface area contributed by atoms with Crippen LogP contribution in [0.2, 0.25) is 0 Å². The van der Waals surface area contributed by atoms with Gasteiger partial charge in [-0.25, -0.2) is 19.7 Å². The average molecular weight is 1420 g/mol. The van der Waals surface area contributed by atoms with E-state index in [1.165, 1.54) is 53.4 Å². The monoisotopic (exact) mass is 1420 g/mol. The molecule has 0 saturated carbocycles. The molecule has 522 valence electrons. The number of nitrogens with zero attached hydrogens (tertiary/aromatic N) is 8. The molecule has 1 aliphatic rings. The van der Waals surface area contributed by atoms with E-state index in [1.807, 2.05) is 134 Å². The summed E-state index contributed by atoms with van der Waals surface area (Å²) in [6.45, 7) is 5.14. The number of methoxy groups -OCH3 is 1. The van der Waals surface area contributed by atoms with Crippen molar-refractivity contribution in [3.8, 4) is 43.0 Å². The van der Waals surface area contributed by atoms with E-state index in [1.54, 1.807) is 112 Å². The number of carbonyl (C=O) groups excluding carboxylic acids is 7. The van der Waals surface area contributed by atoms with Crippen molar-refractivity contribution in [2.75, 3.05) is 41.1 Å². The molecule has 7 aromatic heterocycles. The van der Waals surface area contributed by atoms with E-state index in [4.69, 9.17) is 14.5 Å². The highest BCUT2D eigenvalue weighted by Crippen LogP contribution is 2.43. The maximum Gasteiger partial charge on any atom is 0.339 e.